The fourth-order valence-electron chi connectivity index (χ4n) is 2.03. The predicted octanol–water partition coefficient (Wildman–Crippen LogP) is 3.60. The van der Waals surface area contributed by atoms with E-state index < -0.39 is 0 Å². The van der Waals surface area contributed by atoms with E-state index in [1.54, 1.807) is 0 Å². The van der Waals surface area contributed by atoms with Crippen LogP contribution in [0.5, 0.6) is 0 Å². The first-order valence-electron chi connectivity index (χ1n) is 6.16. The van der Waals surface area contributed by atoms with Crippen LogP contribution in [-0.4, -0.2) is 6.54 Å². The molecule has 1 nitrogen and oxygen atoms in total. The molecule has 0 radical (unpaired) electrons. The van der Waals surface area contributed by atoms with Crippen LogP contribution in [-0.2, 0) is 12.8 Å². The van der Waals surface area contributed by atoms with Gasteiger partial charge in [-0.3, -0.25) is 0 Å². The highest BCUT2D eigenvalue weighted by Crippen LogP contribution is 2.25. The van der Waals surface area contributed by atoms with Gasteiger partial charge in [0.05, 0.1) is 0 Å². The van der Waals surface area contributed by atoms with Crippen molar-refractivity contribution in [3.8, 4) is 0 Å². The van der Waals surface area contributed by atoms with Gasteiger partial charge in [-0.1, -0.05) is 37.3 Å². The first-order valence-corrected chi connectivity index (χ1v) is 6.97. The lowest BCUT2D eigenvalue weighted by molar-refractivity contribution is 0.701. The molecule has 0 bridgehead atoms. The summed E-state index contributed by atoms with van der Waals surface area (Å²) < 4.78 is 0. The Kier molecular flexibility index (Phi) is 4.35. The van der Waals surface area contributed by atoms with Crippen molar-refractivity contribution in [2.45, 2.75) is 25.7 Å². The number of nitrogens with two attached hydrogens (primary N) is 1. The summed E-state index contributed by atoms with van der Waals surface area (Å²) in [5.41, 5.74) is 7.25. The van der Waals surface area contributed by atoms with Crippen LogP contribution in [0.15, 0.2) is 42.5 Å². The van der Waals surface area contributed by atoms with Gasteiger partial charge in [-0.15, -0.1) is 11.3 Å². The Morgan fingerprint density at radius 1 is 1.06 bits per heavy atom. The maximum absolute atomic E-state index is 5.90. The number of hydrogen-bond acceptors (Lipinski definition) is 2. The third kappa shape index (κ3) is 3.18. The SMILES string of the molecule is CCc1ccc(CC(CN)c2ccccc2)s1. The Labute approximate surface area is 107 Å². The van der Waals surface area contributed by atoms with E-state index in [9.17, 15) is 0 Å². The van der Waals surface area contributed by atoms with Crippen molar-refractivity contribution in [2.24, 2.45) is 5.73 Å². The van der Waals surface area contributed by atoms with Crippen LogP contribution in [0.4, 0.5) is 0 Å². The zero-order chi connectivity index (χ0) is 12.1. The van der Waals surface area contributed by atoms with Gasteiger partial charge >= 0.3 is 0 Å². The molecule has 90 valence electrons. The molecular weight excluding hydrogens is 226 g/mol. The van der Waals surface area contributed by atoms with E-state index in [0.29, 0.717) is 12.5 Å². The minimum absolute atomic E-state index is 0.444. The van der Waals surface area contributed by atoms with Crippen LogP contribution in [0.2, 0.25) is 0 Å². The van der Waals surface area contributed by atoms with Gasteiger partial charge in [0.2, 0.25) is 0 Å². The fourth-order valence-corrected chi connectivity index (χ4v) is 3.07. The second-order valence-corrected chi connectivity index (χ2v) is 5.52. The first-order chi connectivity index (χ1) is 8.33. The summed E-state index contributed by atoms with van der Waals surface area (Å²) in [6.45, 7) is 2.91. The van der Waals surface area contributed by atoms with Crippen molar-refractivity contribution in [3.05, 3.63) is 57.8 Å². The highest BCUT2D eigenvalue weighted by atomic mass is 32.1. The molecule has 17 heavy (non-hydrogen) atoms. The maximum Gasteiger partial charge on any atom is 0.00547 e. The Morgan fingerprint density at radius 2 is 1.76 bits per heavy atom. The van der Waals surface area contributed by atoms with Gasteiger partial charge in [-0.2, -0.15) is 0 Å². The maximum atomic E-state index is 5.90. The van der Waals surface area contributed by atoms with Crippen molar-refractivity contribution >= 4 is 11.3 Å². The van der Waals surface area contributed by atoms with Gasteiger partial charge < -0.3 is 5.73 Å². The average molecular weight is 245 g/mol. The van der Waals surface area contributed by atoms with Crippen LogP contribution >= 0.6 is 11.3 Å². The Morgan fingerprint density at radius 3 is 2.35 bits per heavy atom. The van der Waals surface area contributed by atoms with Crippen LogP contribution < -0.4 is 5.73 Å². The summed E-state index contributed by atoms with van der Waals surface area (Å²) in [7, 11) is 0. The highest BCUT2D eigenvalue weighted by Gasteiger charge is 2.11. The normalized spacial score (nSPS) is 12.6. The number of thiophene rings is 1. The van der Waals surface area contributed by atoms with Gasteiger partial charge in [-0.25, -0.2) is 0 Å². The first kappa shape index (κ1) is 12.3. The van der Waals surface area contributed by atoms with Crippen molar-refractivity contribution < 1.29 is 0 Å². The molecule has 0 saturated heterocycles. The van der Waals surface area contributed by atoms with Crippen molar-refractivity contribution in [3.63, 3.8) is 0 Å². The second-order valence-electron chi connectivity index (χ2n) is 4.27. The molecular formula is C15H19NS. The molecule has 0 saturated carbocycles. The molecule has 0 aliphatic heterocycles. The summed E-state index contributed by atoms with van der Waals surface area (Å²) >= 11 is 1.92. The van der Waals surface area contributed by atoms with E-state index in [0.717, 1.165) is 12.8 Å². The lowest BCUT2D eigenvalue weighted by Gasteiger charge is -2.13. The van der Waals surface area contributed by atoms with Crippen molar-refractivity contribution in [2.75, 3.05) is 6.54 Å². The Hall–Kier alpha value is -1.12. The molecule has 1 atom stereocenters. The molecule has 2 rings (SSSR count). The Bertz CT molecular complexity index is 447. The predicted molar refractivity (Wildman–Crippen MR) is 75.6 cm³/mol. The van der Waals surface area contributed by atoms with Crippen LogP contribution in [0.1, 0.15) is 28.2 Å². The molecule has 2 aromatic rings. The smallest absolute Gasteiger partial charge is 0.00547 e. The summed E-state index contributed by atoms with van der Waals surface area (Å²) in [5, 5.41) is 0. The lowest BCUT2D eigenvalue weighted by atomic mass is 9.95. The van der Waals surface area contributed by atoms with E-state index >= 15 is 0 Å². The summed E-state index contributed by atoms with van der Waals surface area (Å²) in [5.74, 6) is 0.444. The molecule has 2 N–H and O–H groups in total. The molecule has 0 fully saturated rings. The zero-order valence-corrected chi connectivity index (χ0v) is 11.0. The third-order valence-corrected chi connectivity index (χ3v) is 4.32. The third-order valence-electron chi connectivity index (χ3n) is 3.07. The highest BCUT2D eigenvalue weighted by molar-refractivity contribution is 7.11. The minimum Gasteiger partial charge on any atom is -0.330 e. The van der Waals surface area contributed by atoms with E-state index in [2.05, 4.69) is 49.4 Å². The van der Waals surface area contributed by atoms with Crippen LogP contribution in [0, 0.1) is 0 Å². The Balaban J connectivity index is 2.10. The van der Waals surface area contributed by atoms with Crippen LogP contribution in [0.25, 0.3) is 0 Å². The molecule has 1 aromatic heterocycles. The fraction of sp³-hybridized carbons (Fsp3) is 0.333. The molecule has 2 heteroatoms. The number of hydrogen-bond donors (Lipinski definition) is 1. The molecule has 1 unspecified atom stereocenters. The molecule has 0 aliphatic rings. The summed E-state index contributed by atoms with van der Waals surface area (Å²) in [6, 6.07) is 15.1. The van der Waals surface area contributed by atoms with Crippen molar-refractivity contribution in [1.29, 1.82) is 0 Å². The van der Waals surface area contributed by atoms with Gasteiger partial charge in [0.15, 0.2) is 0 Å². The minimum atomic E-state index is 0.444. The quantitative estimate of drug-likeness (QED) is 0.856. The molecule has 0 spiro atoms. The molecule has 1 aromatic carbocycles. The standard InChI is InChI=1S/C15H19NS/c1-2-14-8-9-15(17-14)10-13(11-16)12-6-4-3-5-7-12/h3-9,13H,2,10-11,16H2,1H3. The number of aryl methyl sites for hydroxylation is 1. The second kappa shape index (κ2) is 5.99. The van der Waals surface area contributed by atoms with E-state index in [1.165, 1.54) is 15.3 Å². The van der Waals surface area contributed by atoms with Gasteiger partial charge in [0.1, 0.15) is 0 Å². The zero-order valence-electron chi connectivity index (χ0n) is 10.2. The summed E-state index contributed by atoms with van der Waals surface area (Å²) in [4.78, 5) is 2.91. The van der Waals surface area contributed by atoms with Crippen molar-refractivity contribution in [1.82, 2.24) is 0 Å². The number of benzene rings is 1. The summed E-state index contributed by atoms with van der Waals surface area (Å²) in [6.07, 6.45) is 2.19. The van der Waals surface area contributed by atoms with E-state index in [4.69, 9.17) is 5.73 Å². The van der Waals surface area contributed by atoms with Gasteiger partial charge in [0.25, 0.3) is 0 Å². The molecule has 1 heterocycles. The molecule has 0 amide bonds. The van der Waals surface area contributed by atoms with Gasteiger partial charge in [-0.05, 0) is 37.1 Å². The molecule has 0 aliphatic carbocycles. The van der Waals surface area contributed by atoms with Crippen LogP contribution in [0.3, 0.4) is 0 Å². The van der Waals surface area contributed by atoms with E-state index in [-0.39, 0.29) is 0 Å². The average Bonchev–Trinajstić information content (AvgIpc) is 2.84. The lowest BCUT2D eigenvalue weighted by Crippen LogP contribution is -2.14. The van der Waals surface area contributed by atoms with Gasteiger partial charge in [0, 0.05) is 15.7 Å². The topological polar surface area (TPSA) is 26.0 Å². The van der Waals surface area contributed by atoms with E-state index in [1.807, 2.05) is 11.3 Å². The number of rotatable bonds is 5. The largest absolute Gasteiger partial charge is 0.330 e. The monoisotopic (exact) mass is 245 g/mol.